The Morgan fingerprint density at radius 1 is 1.05 bits per heavy atom. The van der Waals surface area contributed by atoms with Crippen molar-refractivity contribution in [2.45, 2.75) is 6.61 Å². The van der Waals surface area contributed by atoms with Crippen LogP contribution in [0.2, 0.25) is 0 Å². The van der Waals surface area contributed by atoms with Crippen LogP contribution < -0.4 is 9.47 Å². The normalized spacial score (nSPS) is 10.7. The molecule has 0 saturated carbocycles. The fourth-order valence-corrected chi connectivity index (χ4v) is 2.11. The molecule has 2 N–H and O–H groups in total. The van der Waals surface area contributed by atoms with E-state index in [1.54, 1.807) is 13.2 Å². The minimum absolute atomic E-state index is 0.248. The molecule has 0 atom stereocenters. The van der Waals surface area contributed by atoms with Crippen LogP contribution in [0.5, 0.6) is 17.2 Å². The number of aromatic nitrogens is 1. The molecule has 0 unspecified atom stereocenters. The third-order valence-electron chi connectivity index (χ3n) is 3.14. The van der Waals surface area contributed by atoms with Crippen molar-refractivity contribution in [3.8, 4) is 17.2 Å². The van der Waals surface area contributed by atoms with Gasteiger partial charge in [0.15, 0.2) is 0 Å². The van der Waals surface area contributed by atoms with E-state index >= 15 is 0 Å². The van der Waals surface area contributed by atoms with Crippen LogP contribution in [0.4, 0.5) is 0 Å². The van der Waals surface area contributed by atoms with Gasteiger partial charge in [0.25, 0.3) is 0 Å². The summed E-state index contributed by atoms with van der Waals surface area (Å²) in [5, 5.41) is 10.7. The molecule has 1 aromatic heterocycles. The van der Waals surface area contributed by atoms with E-state index < -0.39 is 0 Å². The predicted octanol–water partition coefficient (Wildman–Crippen LogP) is 3.46. The molecule has 20 heavy (non-hydrogen) atoms. The quantitative estimate of drug-likeness (QED) is 0.762. The fourth-order valence-electron chi connectivity index (χ4n) is 2.11. The molecule has 0 aliphatic heterocycles. The summed E-state index contributed by atoms with van der Waals surface area (Å²) in [6.45, 7) is 0.417. The lowest BCUT2D eigenvalue weighted by atomic mass is 10.2. The molecule has 1 heterocycles. The molecular weight excluding hydrogens is 254 g/mol. The lowest BCUT2D eigenvalue weighted by Gasteiger charge is -2.05. The molecule has 0 fully saturated rings. The van der Waals surface area contributed by atoms with Gasteiger partial charge < -0.3 is 19.6 Å². The van der Waals surface area contributed by atoms with Gasteiger partial charge in [-0.1, -0.05) is 12.1 Å². The molecule has 0 bridgehead atoms. The zero-order chi connectivity index (χ0) is 13.9. The Morgan fingerprint density at radius 3 is 2.50 bits per heavy atom. The van der Waals surface area contributed by atoms with E-state index in [9.17, 15) is 5.11 Å². The van der Waals surface area contributed by atoms with E-state index in [0.29, 0.717) is 6.61 Å². The van der Waals surface area contributed by atoms with Crippen molar-refractivity contribution in [2.24, 2.45) is 0 Å². The Morgan fingerprint density at radius 2 is 1.80 bits per heavy atom. The van der Waals surface area contributed by atoms with E-state index in [1.165, 1.54) is 0 Å². The Bertz CT molecular complexity index is 716. The van der Waals surface area contributed by atoms with Gasteiger partial charge in [0.05, 0.1) is 18.3 Å². The first-order valence-corrected chi connectivity index (χ1v) is 6.33. The molecule has 2 aromatic carbocycles. The van der Waals surface area contributed by atoms with Gasteiger partial charge in [0, 0.05) is 5.39 Å². The summed E-state index contributed by atoms with van der Waals surface area (Å²) in [7, 11) is 1.63. The van der Waals surface area contributed by atoms with Gasteiger partial charge in [0.1, 0.15) is 23.9 Å². The molecule has 3 rings (SSSR count). The highest BCUT2D eigenvalue weighted by molar-refractivity contribution is 5.85. The van der Waals surface area contributed by atoms with E-state index in [0.717, 1.165) is 28.1 Å². The third kappa shape index (κ3) is 2.40. The van der Waals surface area contributed by atoms with Gasteiger partial charge in [-0.2, -0.15) is 0 Å². The highest BCUT2D eigenvalue weighted by Gasteiger charge is 2.05. The van der Waals surface area contributed by atoms with Crippen molar-refractivity contribution in [2.75, 3.05) is 7.11 Å². The molecule has 0 aliphatic rings. The minimum atomic E-state index is 0.248. The summed E-state index contributed by atoms with van der Waals surface area (Å²) in [4.78, 5) is 3.16. The van der Waals surface area contributed by atoms with Gasteiger partial charge in [-0.25, -0.2) is 0 Å². The SMILES string of the molecule is COc1ccc(OCc2cc3cccc(O)c3[nH]2)cc1. The smallest absolute Gasteiger partial charge is 0.139 e. The second-order valence-corrected chi connectivity index (χ2v) is 4.50. The van der Waals surface area contributed by atoms with Gasteiger partial charge in [-0.15, -0.1) is 0 Å². The number of hydrogen-bond donors (Lipinski definition) is 2. The van der Waals surface area contributed by atoms with Crippen LogP contribution in [-0.2, 0) is 6.61 Å². The number of nitrogens with one attached hydrogen (secondary N) is 1. The van der Waals surface area contributed by atoms with Crippen LogP contribution in [0.15, 0.2) is 48.5 Å². The number of methoxy groups -OCH3 is 1. The number of aromatic hydroxyl groups is 1. The molecule has 4 heteroatoms. The first-order valence-electron chi connectivity index (χ1n) is 6.33. The van der Waals surface area contributed by atoms with E-state index in [-0.39, 0.29) is 5.75 Å². The number of phenols is 1. The van der Waals surface area contributed by atoms with Crippen LogP contribution in [0.3, 0.4) is 0 Å². The largest absolute Gasteiger partial charge is 0.506 e. The number of phenolic OH excluding ortho intramolecular Hbond substituents is 1. The molecule has 102 valence electrons. The average Bonchev–Trinajstić information content (AvgIpc) is 2.90. The maximum Gasteiger partial charge on any atom is 0.139 e. The molecule has 3 aromatic rings. The fraction of sp³-hybridized carbons (Fsp3) is 0.125. The number of para-hydroxylation sites is 1. The molecule has 0 radical (unpaired) electrons. The summed E-state index contributed by atoms with van der Waals surface area (Å²) in [5.74, 6) is 1.82. The van der Waals surface area contributed by atoms with Crippen molar-refractivity contribution < 1.29 is 14.6 Å². The first-order chi connectivity index (χ1) is 9.76. The predicted molar refractivity (Wildman–Crippen MR) is 77.3 cm³/mol. The molecule has 0 spiro atoms. The summed E-state index contributed by atoms with van der Waals surface area (Å²) < 4.78 is 10.8. The Balaban J connectivity index is 1.74. The highest BCUT2D eigenvalue weighted by Crippen LogP contribution is 2.25. The van der Waals surface area contributed by atoms with Crippen molar-refractivity contribution in [3.05, 3.63) is 54.2 Å². The molecule has 0 amide bonds. The zero-order valence-corrected chi connectivity index (χ0v) is 11.1. The Kier molecular flexibility index (Phi) is 3.21. The maximum absolute atomic E-state index is 9.74. The second kappa shape index (κ2) is 5.17. The van der Waals surface area contributed by atoms with Gasteiger partial charge in [-0.05, 0) is 36.4 Å². The van der Waals surface area contributed by atoms with Crippen LogP contribution in [0.1, 0.15) is 5.69 Å². The number of ether oxygens (including phenoxy) is 2. The number of fused-ring (bicyclic) bond motifs is 1. The Hall–Kier alpha value is -2.62. The minimum Gasteiger partial charge on any atom is -0.506 e. The van der Waals surface area contributed by atoms with Crippen LogP contribution >= 0.6 is 0 Å². The van der Waals surface area contributed by atoms with E-state index in [1.807, 2.05) is 42.5 Å². The molecule has 0 saturated heterocycles. The number of benzene rings is 2. The van der Waals surface area contributed by atoms with E-state index in [4.69, 9.17) is 9.47 Å². The summed E-state index contributed by atoms with van der Waals surface area (Å²) in [6, 6.07) is 14.8. The van der Waals surface area contributed by atoms with E-state index in [2.05, 4.69) is 4.98 Å². The second-order valence-electron chi connectivity index (χ2n) is 4.50. The monoisotopic (exact) mass is 269 g/mol. The van der Waals surface area contributed by atoms with Crippen LogP contribution in [0.25, 0.3) is 10.9 Å². The Labute approximate surface area is 116 Å². The lowest BCUT2D eigenvalue weighted by Crippen LogP contribution is -1.95. The number of aromatic amines is 1. The van der Waals surface area contributed by atoms with Crippen molar-refractivity contribution >= 4 is 10.9 Å². The van der Waals surface area contributed by atoms with Crippen LogP contribution in [-0.4, -0.2) is 17.2 Å². The molecule has 4 nitrogen and oxygen atoms in total. The molecule has 0 aliphatic carbocycles. The number of rotatable bonds is 4. The lowest BCUT2D eigenvalue weighted by molar-refractivity contribution is 0.301. The standard InChI is InChI=1S/C16H15NO3/c1-19-13-5-7-14(8-6-13)20-10-12-9-11-3-2-4-15(18)16(11)17-12/h2-9,17-18H,10H2,1H3. The summed E-state index contributed by atoms with van der Waals surface area (Å²) in [5.41, 5.74) is 1.65. The zero-order valence-electron chi connectivity index (χ0n) is 11.1. The maximum atomic E-state index is 9.74. The third-order valence-corrected chi connectivity index (χ3v) is 3.14. The van der Waals surface area contributed by atoms with Crippen molar-refractivity contribution in [1.29, 1.82) is 0 Å². The number of hydrogen-bond acceptors (Lipinski definition) is 3. The summed E-state index contributed by atoms with van der Waals surface area (Å²) in [6.07, 6.45) is 0. The topological polar surface area (TPSA) is 54.5 Å². The first kappa shape index (κ1) is 12.4. The van der Waals surface area contributed by atoms with Gasteiger partial charge in [-0.3, -0.25) is 0 Å². The van der Waals surface area contributed by atoms with Crippen molar-refractivity contribution in [1.82, 2.24) is 4.98 Å². The van der Waals surface area contributed by atoms with Crippen molar-refractivity contribution in [3.63, 3.8) is 0 Å². The molecular formula is C16H15NO3. The van der Waals surface area contributed by atoms with Gasteiger partial charge in [0.2, 0.25) is 0 Å². The summed E-state index contributed by atoms with van der Waals surface area (Å²) >= 11 is 0. The number of H-pyrrole nitrogens is 1. The van der Waals surface area contributed by atoms with Crippen LogP contribution in [0, 0.1) is 0 Å². The average molecular weight is 269 g/mol. The highest BCUT2D eigenvalue weighted by atomic mass is 16.5. The van der Waals surface area contributed by atoms with Gasteiger partial charge >= 0.3 is 0 Å².